The highest BCUT2D eigenvalue weighted by molar-refractivity contribution is 6.01. The fraction of sp³-hybridized carbons (Fsp3) is 0.0217. The van der Waals surface area contributed by atoms with Crippen molar-refractivity contribution in [2.45, 2.75) is 16.2 Å². The molecule has 9 nitrogen and oxygen atoms in total. The molecule has 0 amide bonds. The SMILES string of the molecule is c1ccc(-[n+]2c[n+](-c3ccccc3)c[n+](-c3cccc(-c4ccc5c(c4)C(c4ccccc4)(c4ccccc4)c4ccccc4-5)c3)c2)cc1.c1ccc(-c2nc(-c3ccccc3)nc(-c3ccc(-c4cccc5c4-c4ccccc4C54c5ccccc5-c5ccccc54)cc3)n2)cc1.c1ccc(-c2nc(-c3ccccc3)nc(-c3cccc(-c4ccc5c(c4)C4(c6ccccc6-c6ccccc64)c4ccccc4-5)c3)n2)cc1. The van der Waals surface area contributed by atoms with Crippen LogP contribution in [0.3, 0.4) is 0 Å². The second kappa shape index (κ2) is 36.3. The van der Waals surface area contributed by atoms with Gasteiger partial charge in [-0.1, -0.05) is 499 Å². The van der Waals surface area contributed by atoms with Crippen molar-refractivity contribution in [2.24, 2.45) is 0 Å². The Labute approximate surface area is 853 Å². The first-order chi connectivity index (χ1) is 72.9. The molecule has 0 aliphatic heterocycles. The lowest BCUT2D eigenvalue weighted by molar-refractivity contribution is -0.858. The van der Waals surface area contributed by atoms with Crippen molar-refractivity contribution in [3.8, 4) is 174 Å². The Balaban J connectivity index is 0.000000109. The van der Waals surface area contributed by atoms with E-state index in [1.54, 1.807) is 0 Å². The number of hydrogen-bond donors (Lipinski definition) is 0. The van der Waals surface area contributed by atoms with Gasteiger partial charge in [0.15, 0.2) is 34.9 Å². The maximum Gasteiger partial charge on any atom is 0.428 e. The van der Waals surface area contributed by atoms with Gasteiger partial charge in [-0.25, -0.2) is 29.9 Å². The number of hydrogen-bond acceptors (Lipinski definition) is 6. The highest BCUT2D eigenvalue weighted by Gasteiger charge is 2.54. The smallest absolute Gasteiger partial charge is 0.208 e. The Bertz CT molecular complexity index is 8610. The van der Waals surface area contributed by atoms with E-state index >= 15 is 0 Å². The van der Waals surface area contributed by atoms with Gasteiger partial charge in [0.2, 0.25) is 17.1 Å². The molecule has 0 saturated carbocycles. The minimum atomic E-state index is -0.432. The Morgan fingerprint density at radius 3 is 0.741 bits per heavy atom. The third kappa shape index (κ3) is 14.6. The van der Waals surface area contributed by atoms with Crippen molar-refractivity contribution in [3.05, 3.63) is 626 Å². The molecule has 24 aromatic rings. The normalized spacial score (nSPS) is 12.9. The number of rotatable bonds is 14. The summed E-state index contributed by atoms with van der Waals surface area (Å²) in [7, 11) is 0. The van der Waals surface area contributed by atoms with E-state index in [2.05, 4.69) is 451 Å². The molecule has 147 heavy (non-hydrogen) atoms. The molecule has 0 N–H and O–H groups in total. The summed E-state index contributed by atoms with van der Waals surface area (Å²) in [5, 5.41) is 0. The molecule has 0 saturated heterocycles. The summed E-state index contributed by atoms with van der Waals surface area (Å²) in [6.07, 6.45) is 6.40. The maximum atomic E-state index is 5.00. The first-order valence-electron chi connectivity index (χ1n) is 50.2. The van der Waals surface area contributed by atoms with Crippen LogP contribution in [0.4, 0.5) is 0 Å². The largest absolute Gasteiger partial charge is 0.428 e. The Kier molecular flexibility index (Phi) is 21.4. The minimum absolute atomic E-state index is 0.360. The number of aromatic nitrogens is 9. The van der Waals surface area contributed by atoms with Crippen LogP contribution in [0.2, 0.25) is 0 Å². The molecular formula is C138H92N9+3. The van der Waals surface area contributed by atoms with Gasteiger partial charge in [-0.15, -0.1) is 0 Å². The van der Waals surface area contributed by atoms with Crippen molar-refractivity contribution < 1.29 is 13.7 Å². The standard InChI is InChI=1S/2C46H29N3.C46H34N3/c1-3-14-30(15-4-1)43-47-44(31-16-5-2-6-17-31)49-45(48-43)34-19-13-18-32(28-34)33-26-27-38-37-22-9-12-25-41(37)46(42(38)29-33)39-23-10-7-20-35(39)36-21-8-11-24-40(36)46;1-3-14-31(15-4-1)43-47-44(32-16-5-2-6-17-32)49-45(48-43)33-28-26-30(27-29-33)34-21-13-25-41-42(34)37-20-9-12-24-40(37)46(41)38-22-10-7-18-35(38)36-19-8-11-23-39(36)46;1-5-17-37(18-6-1)46(38-19-7-2-8-20-38)44-27-14-13-26-42(44)43-29-28-36(31-45(43)46)35-16-15-25-41(30-35)49-33-47(39-21-9-3-10-22-39)32-48(34-49)40-23-11-4-12-24-40/h2*1-29H;1-34H/q;;+3. The van der Waals surface area contributed by atoms with Crippen LogP contribution in [-0.2, 0) is 16.2 Å². The third-order valence-electron chi connectivity index (χ3n) is 30.1. The quantitative estimate of drug-likeness (QED) is 0.101. The van der Waals surface area contributed by atoms with E-state index in [0.717, 1.165) is 67.1 Å². The summed E-state index contributed by atoms with van der Waals surface area (Å²) in [5.41, 5.74) is 43.8. The second-order valence-electron chi connectivity index (χ2n) is 38.1. The molecule has 0 atom stereocenters. The van der Waals surface area contributed by atoms with Gasteiger partial charge in [0, 0.05) is 69.8 Å². The van der Waals surface area contributed by atoms with Gasteiger partial charge in [-0.2, -0.15) is 0 Å². The van der Waals surface area contributed by atoms with Gasteiger partial charge in [0.1, 0.15) is 0 Å². The van der Waals surface area contributed by atoms with Crippen molar-refractivity contribution in [1.29, 1.82) is 0 Å². The second-order valence-corrected chi connectivity index (χ2v) is 38.1. The summed E-state index contributed by atoms with van der Waals surface area (Å²) >= 11 is 0. The Hall–Kier alpha value is -19.4. The van der Waals surface area contributed by atoms with Gasteiger partial charge < -0.3 is 0 Å². The molecule has 3 aromatic heterocycles. The monoisotopic (exact) mass is 1870 g/mol. The number of benzene rings is 21. The summed E-state index contributed by atoms with van der Waals surface area (Å²) in [6, 6.07) is 193. The molecule has 3 heterocycles. The van der Waals surface area contributed by atoms with Gasteiger partial charge in [-0.05, 0) is 174 Å². The fourth-order valence-corrected chi connectivity index (χ4v) is 23.7. The van der Waals surface area contributed by atoms with E-state index in [-0.39, 0.29) is 10.8 Å². The first-order valence-corrected chi connectivity index (χ1v) is 50.2. The summed E-state index contributed by atoms with van der Waals surface area (Å²) < 4.78 is 6.53. The van der Waals surface area contributed by atoms with Crippen LogP contribution in [0.5, 0.6) is 0 Å². The number of fused-ring (bicyclic) bond motifs is 23. The lowest BCUT2D eigenvalue weighted by Gasteiger charge is -2.34. The highest BCUT2D eigenvalue weighted by Crippen LogP contribution is 2.66. The zero-order valence-corrected chi connectivity index (χ0v) is 80.1. The van der Waals surface area contributed by atoms with Gasteiger partial charge in [0.25, 0.3) is 0 Å². The predicted octanol–water partition coefficient (Wildman–Crippen LogP) is 30.3. The molecule has 0 radical (unpaired) electrons. The van der Waals surface area contributed by atoms with E-state index in [1.807, 2.05) is 121 Å². The number of nitrogens with zero attached hydrogens (tertiary/aromatic N) is 9. The van der Waals surface area contributed by atoms with E-state index in [1.165, 1.54) is 139 Å². The molecule has 21 aromatic carbocycles. The molecule has 29 rings (SSSR count). The van der Waals surface area contributed by atoms with E-state index in [0.29, 0.717) is 34.9 Å². The van der Waals surface area contributed by atoms with Gasteiger partial charge in [-0.3, -0.25) is 0 Å². The van der Waals surface area contributed by atoms with Crippen molar-refractivity contribution in [1.82, 2.24) is 29.9 Å². The van der Waals surface area contributed by atoms with E-state index in [9.17, 15) is 0 Å². The molecule has 0 fully saturated rings. The number of para-hydroxylation sites is 2. The zero-order valence-electron chi connectivity index (χ0n) is 80.1. The van der Waals surface area contributed by atoms with Crippen LogP contribution in [-0.4, -0.2) is 29.9 Å². The highest BCUT2D eigenvalue weighted by atomic mass is 15.2. The topological polar surface area (TPSA) is 89.0 Å². The molecule has 9 heteroatoms. The predicted molar refractivity (Wildman–Crippen MR) is 590 cm³/mol. The van der Waals surface area contributed by atoms with Crippen molar-refractivity contribution in [2.75, 3.05) is 0 Å². The van der Waals surface area contributed by atoms with Crippen molar-refractivity contribution >= 4 is 0 Å². The molecule has 0 unspecified atom stereocenters. The average molecular weight is 1880 g/mol. The van der Waals surface area contributed by atoms with E-state index in [4.69, 9.17) is 29.9 Å². The lowest BCUT2D eigenvalue weighted by atomic mass is 9.67. The first kappa shape index (κ1) is 86.7. The van der Waals surface area contributed by atoms with Crippen LogP contribution in [0.1, 0.15) is 66.8 Å². The van der Waals surface area contributed by atoms with Crippen molar-refractivity contribution in [3.63, 3.8) is 0 Å². The summed E-state index contributed by atoms with van der Waals surface area (Å²) in [5.74, 6) is 3.94. The molecular weight excluding hydrogens is 1780 g/mol. The molecule has 5 aliphatic rings. The average Bonchev–Trinajstić information content (AvgIpc) is 2.06. The summed E-state index contributed by atoms with van der Waals surface area (Å²) in [6.45, 7) is 0. The third-order valence-corrected chi connectivity index (χ3v) is 30.1. The Morgan fingerprint density at radius 2 is 0.354 bits per heavy atom. The maximum absolute atomic E-state index is 5.00. The molecule has 2 spiro atoms. The molecule has 686 valence electrons. The van der Waals surface area contributed by atoms with Crippen LogP contribution in [0.15, 0.2) is 559 Å². The Morgan fingerprint density at radius 1 is 0.129 bits per heavy atom. The van der Waals surface area contributed by atoms with Crippen LogP contribution < -0.4 is 13.7 Å². The molecule has 0 bridgehead atoms. The fourth-order valence-electron chi connectivity index (χ4n) is 23.7. The zero-order chi connectivity index (χ0) is 97.4. The lowest BCUT2D eigenvalue weighted by Crippen LogP contribution is -2.55. The van der Waals surface area contributed by atoms with Crippen LogP contribution in [0, 0.1) is 0 Å². The van der Waals surface area contributed by atoms with Crippen LogP contribution >= 0.6 is 0 Å². The minimum Gasteiger partial charge on any atom is -0.208 e. The van der Waals surface area contributed by atoms with Gasteiger partial charge in [0.05, 0.1) is 16.2 Å². The van der Waals surface area contributed by atoms with Crippen LogP contribution in [0.25, 0.3) is 174 Å². The summed E-state index contributed by atoms with van der Waals surface area (Å²) in [4.78, 5) is 29.7. The van der Waals surface area contributed by atoms with Gasteiger partial charge >= 0.3 is 19.0 Å². The van der Waals surface area contributed by atoms with E-state index < -0.39 is 5.41 Å². The molecule has 5 aliphatic carbocycles.